The molecule has 11 nitrogen and oxygen atoms in total. The van der Waals surface area contributed by atoms with Gasteiger partial charge in [-0.1, -0.05) is 0 Å². The van der Waals surface area contributed by atoms with Crippen LogP contribution in [0.1, 0.15) is 44.9 Å². The second-order valence-electron chi connectivity index (χ2n) is 7.62. The number of hydrogen-bond donors (Lipinski definition) is 4. The van der Waals surface area contributed by atoms with E-state index in [9.17, 15) is 24.0 Å². The molecule has 8 N–H and O–H groups in total. The molecule has 3 atom stereocenters. The van der Waals surface area contributed by atoms with Gasteiger partial charge in [0.25, 0.3) is 0 Å². The molecule has 0 bridgehead atoms. The maximum Gasteiger partial charge on any atom is 0.240 e. The van der Waals surface area contributed by atoms with Crippen LogP contribution in [0.15, 0.2) is 0 Å². The molecule has 4 amide bonds. The van der Waals surface area contributed by atoms with Crippen LogP contribution in [-0.2, 0) is 24.0 Å². The molecular formula is C18H32N6O5. The number of likely N-dealkylation sites (N-methyl/N-ethyl adjacent to an activating group) is 1. The molecule has 0 aromatic heterocycles. The SMILES string of the molecule is CN(CC1(C=O)CCCCN1C(=O)C(N)CCC(N)=O)C(CCC(N)=O)C(N)=O. The van der Waals surface area contributed by atoms with Crippen LogP contribution in [0.5, 0.6) is 0 Å². The maximum atomic E-state index is 12.9. The van der Waals surface area contributed by atoms with E-state index in [-0.39, 0.29) is 32.2 Å². The Kier molecular flexibility index (Phi) is 9.18. The van der Waals surface area contributed by atoms with Gasteiger partial charge in [0.1, 0.15) is 11.8 Å². The van der Waals surface area contributed by atoms with Gasteiger partial charge >= 0.3 is 0 Å². The normalized spacial score (nSPS) is 21.4. The molecule has 1 aliphatic rings. The van der Waals surface area contributed by atoms with Crippen LogP contribution >= 0.6 is 0 Å². The summed E-state index contributed by atoms with van der Waals surface area (Å²) in [5.74, 6) is -2.22. The minimum absolute atomic E-state index is 0.0350. The van der Waals surface area contributed by atoms with Crippen LogP contribution in [0.4, 0.5) is 0 Å². The molecule has 1 aliphatic heterocycles. The second-order valence-corrected chi connectivity index (χ2v) is 7.62. The van der Waals surface area contributed by atoms with E-state index >= 15 is 0 Å². The van der Waals surface area contributed by atoms with E-state index in [4.69, 9.17) is 22.9 Å². The Labute approximate surface area is 170 Å². The Morgan fingerprint density at radius 2 is 1.66 bits per heavy atom. The lowest BCUT2D eigenvalue weighted by molar-refractivity contribution is -0.148. The molecule has 0 radical (unpaired) electrons. The molecule has 1 rings (SSSR count). The number of rotatable bonds is 12. The Hall–Kier alpha value is -2.53. The highest BCUT2D eigenvalue weighted by atomic mass is 16.2. The van der Waals surface area contributed by atoms with Crippen LogP contribution < -0.4 is 22.9 Å². The highest BCUT2D eigenvalue weighted by Gasteiger charge is 2.44. The van der Waals surface area contributed by atoms with Crippen molar-refractivity contribution in [3.05, 3.63) is 0 Å². The summed E-state index contributed by atoms with van der Waals surface area (Å²) < 4.78 is 0. The number of amides is 4. The van der Waals surface area contributed by atoms with Crippen molar-refractivity contribution in [2.24, 2.45) is 22.9 Å². The zero-order valence-electron chi connectivity index (χ0n) is 16.8. The summed E-state index contributed by atoms with van der Waals surface area (Å²) in [5.41, 5.74) is 20.5. The number of carbonyl (C=O) groups is 5. The summed E-state index contributed by atoms with van der Waals surface area (Å²) >= 11 is 0. The molecule has 164 valence electrons. The topological polar surface area (TPSA) is 196 Å². The van der Waals surface area contributed by atoms with Gasteiger partial charge in [-0.25, -0.2) is 0 Å². The van der Waals surface area contributed by atoms with Gasteiger partial charge in [-0.3, -0.25) is 24.1 Å². The molecule has 0 aliphatic carbocycles. The van der Waals surface area contributed by atoms with Gasteiger partial charge in [-0.2, -0.15) is 0 Å². The van der Waals surface area contributed by atoms with Crippen molar-refractivity contribution in [1.29, 1.82) is 0 Å². The molecule has 11 heteroatoms. The van der Waals surface area contributed by atoms with Gasteiger partial charge in [-0.05, 0) is 39.2 Å². The van der Waals surface area contributed by atoms with Crippen molar-refractivity contribution in [2.75, 3.05) is 20.1 Å². The summed E-state index contributed by atoms with van der Waals surface area (Å²) in [5, 5.41) is 0. The van der Waals surface area contributed by atoms with Crippen LogP contribution in [-0.4, -0.2) is 77.5 Å². The zero-order valence-corrected chi connectivity index (χ0v) is 16.8. The number of piperidine rings is 1. The fraction of sp³-hybridized carbons (Fsp3) is 0.722. The third-order valence-corrected chi connectivity index (χ3v) is 5.33. The minimum atomic E-state index is -1.19. The van der Waals surface area contributed by atoms with Gasteiger partial charge in [0.05, 0.1) is 12.1 Å². The average molecular weight is 412 g/mol. The van der Waals surface area contributed by atoms with Crippen molar-refractivity contribution in [1.82, 2.24) is 9.80 Å². The number of carbonyl (C=O) groups excluding carboxylic acids is 5. The molecule has 3 unspecified atom stereocenters. The van der Waals surface area contributed by atoms with E-state index < -0.39 is 41.3 Å². The highest BCUT2D eigenvalue weighted by Crippen LogP contribution is 2.29. The fourth-order valence-electron chi connectivity index (χ4n) is 3.73. The Balaban J connectivity index is 3.02. The van der Waals surface area contributed by atoms with Gasteiger partial charge in [0, 0.05) is 25.9 Å². The Morgan fingerprint density at radius 1 is 1.07 bits per heavy atom. The number of nitrogens with two attached hydrogens (primary N) is 4. The summed E-state index contributed by atoms with van der Waals surface area (Å²) in [6.07, 6.45) is 2.65. The first-order chi connectivity index (χ1) is 13.5. The van der Waals surface area contributed by atoms with Crippen LogP contribution in [0.25, 0.3) is 0 Å². The average Bonchev–Trinajstić information content (AvgIpc) is 2.65. The Bertz CT molecular complexity index is 642. The van der Waals surface area contributed by atoms with E-state index in [0.29, 0.717) is 25.7 Å². The summed E-state index contributed by atoms with van der Waals surface area (Å²) in [6.45, 7) is 0.384. The van der Waals surface area contributed by atoms with Gasteiger partial charge in [0.15, 0.2) is 0 Å². The lowest BCUT2D eigenvalue weighted by atomic mass is 9.85. The van der Waals surface area contributed by atoms with Crippen LogP contribution in [0, 0.1) is 0 Å². The molecule has 1 saturated heterocycles. The molecule has 0 spiro atoms. The number of primary amides is 3. The lowest BCUT2D eigenvalue weighted by Gasteiger charge is -2.47. The van der Waals surface area contributed by atoms with Crippen molar-refractivity contribution >= 4 is 29.9 Å². The summed E-state index contributed by atoms with van der Waals surface area (Å²) in [6, 6.07) is -1.78. The second kappa shape index (κ2) is 10.9. The first kappa shape index (κ1) is 24.5. The molecule has 1 heterocycles. The van der Waals surface area contributed by atoms with E-state index in [1.54, 1.807) is 11.9 Å². The van der Waals surface area contributed by atoms with Crippen molar-refractivity contribution in [3.8, 4) is 0 Å². The summed E-state index contributed by atoms with van der Waals surface area (Å²) in [7, 11) is 1.60. The van der Waals surface area contributed by atoms with Gasteiger partial charge < -0.3 is 32.6 Å². The van der Waals surface area contributed by atoms with E-state index in [1.165, 1.54) is 4.90 Å². The molecular weight excluding hydrogens is 380 g/mol. The molecule has 1 fully saturated rings. The highest BCUT2D eigenvalue weighted by molar-refractivity contribution is 5.87. The molecule has 0 aromatic carbocycles. The number of hydrogen-bond acceptors (Lipinski definition) is 7. The zero-order chi connectivity index (χ0) is 22.2. The first-order valence-corrected chi connectivity index (χ1v) is 9.63. The van der Waals surface area contributed by atoms with Gasteiger partial charge in [-0.15, -0.1) is 0 Å². The quantitative estimate of drug-likeness (QED) is 0.256. The number of likely N-dealkylation sites (tertiary alicyclic amines) is 1. The van der Waals surface area contributed by atoms with Crippen LogP contribution in [0.3, 0.4) is 0 Å². The Morgan fingerprint density at radius 3 is 2.17 bits per heavy atom. The smallest absolute Gasteiger partial charge is 0.240 e. The standard InChI is InChI=1S/C18H32N6O5/c1-23(13(16(22)28)5-7-15(21)27)10-18(11-25)8-2-3-9-24(18)17(29)12(19)4-6-14(20)26/h11-13H,2-10,19H2,1H3,(H2,20,26)(H2,21,27)(H2,22,28). The number of aldehydes is 1. The molecule has 0 saturated carbocycles. The van der Waals surface area contributed by atoms with Crippen LogP contribution in [0.2, 0.25) is 0 Å². The van der Waals surface area contributed by atoms with Crippen molar-refractivity contribution in [3.63, 3.8) is 0 Å². The van der Waals surface area contributed by atoms with E-state index in [0.717, 1.165) is 6.42 Å². The number of nitrogens with zero attached hydrogens (tertiary/aromatic N) is 2. The summed E-state index contributed by atoms with van der Waals surface area (Å²) in [4.78, 5) is 62.0. The first-order valence-electron chi connectivity index (χ1n) is 9.63. The predicted molar refractivity (Wildman–Crippen MR) is 105 cm³/mol. The molecule has 29 heavy (non-hydrogen) atoms. The van der Waals surface area contributed by atoms with E-state index in [1.807, 2.05) is 0 Å². The van der Waals surface area contributed by atoms with Crippen molar-refractivity contribution in [2.45, 2.75) is 62.6 Å². The molecule has 0 aromatic rings. The third-order valence-electron chi connectivity index (χ3n) is 5.33. The van der Waals surface area contributed by atoms with E-state index in [2.05, 4.69) is 0 Å². The van der Waals surface area contributed by atoms with Crippen molar-refractivity contribution < 1.29 is 24.0 Å². The minimum Gasteiger partial charge on any atom is -0.370 e. The maximum absolute atomic E-state index is 12.9. The fourth-order valence-corrected chi connectivity index (χ4v) is 3.73. The van der Waals surface area contributed by atoms with Gasteiger partial charge in [0.2, 0.25) is 23.6 Å². The monoisotopic (exact) mass is 412 g/mol. The predicted octanol–water partition coefficient (Wildman–Crippen LogP) is -2.42. The largest absolute Gasteiger partial charge is 0.370 e. The lowest BCUT2D eigenvalue weighted by Crippen LogP contribution is -2.64. The third kappa shape index (κ3) is 6.79.